The van der Waals surface area contributed by atoms with E-state index in [1.165, 1.54) is 0 Å². The zero-order valence-electron chi connectivity index (χ0n) is 8.47. The normalized spacial score (nSPS) is 12.6. The van der Waals surface area contributed by atoms with Crippen LogP contribution in [0.2, 0.25) is 0 Å². The summed E-state index contributed by atoms with van der Waals surface area (Å²) in [6, 6.07) is 2.18. The van der Waals surface area contributed by atoms with Crippen molar-refractivity contribution in [3.63, 3.8) is 0 Å². The third-order valence-corrected chi connectivity index (χ3v) is 2.74. The van der Waals surface area contributed by atoms with Gasteiger partial charge in [-0.05, 0) is 0 Å². The van der Waals surface area contributed by atoms with Crippen LogP contribution in [0.5, 0.6) is 0 Å². The molecule has 9 heteroatoms. The van der Waals surface area contributed by atoms with Crippen LogP contribution >= 0.6 is 15.9 Å². The summed E-state index contributed by atoms with van der Waals surface area (Å²) in [5.74, 6) is -5.14. The molecule has 0 saturated carbocycles. The lowest BCUT2D eigenvalue weighted by molar-refractivity contribution is -0.385. The molecule has 0 amide bonds. The lowest BCUT2D eigenvalue weighted by Crippen LogP contribution is -2.34. The fourth-order valence-corrected chi connectivity index (χ4v) is 1.92. The maximum Gasteiger partial charge on any atom is 0.458 e. The highest BCUT2D eigenvalue weighted by molar-refractivity contribution is 9.08. The molecule has 0 spiro atoms. The van der Waals surface area contributed by atoms with Gasteiger partial charge in [-0.1, -0.05) is 28.1 Å². The molecule has 0 aliphatic rings. The number of hydrogen-bond donors (Lipinski definition) is 0. The second-order valence-electron chi connectivity index (χ2n) is 3.27. The quantitative estimate of drug-likeness (QED) is 0.361. The van der Waals surface area contributed by atoms with E-state index in [9.17, 15) is 32.1 Å². The summed E-state index contributed by atoms with van der Waals surface area (Å²) in [4.78, 5) is 9.56. The molecule has 1 aromatic rings. The topological polar surface area (TPSA) is 43.1 Å². The van der Waals surface area contributed by atoms with Gasteiger partial charge in [-0.3, -0.25) is 10.1 Å². The van der Waals surface area contributed by atoms with Gasteiger partial charge in [-0.2, -0.15) is 22.0 Å². The first kappa shape index (κ1) is 14.8. The van der Waals surface area contributed by atoms with Gasteiger partial charge in [0.05, 0.1) is 4.92 Å². The van der Waals surface area contributed by atoms with Gasteiger partial charge >= 0.3 is 12.1 Å². The number of nitro groups is 1. The molecule has 0 radical (unpaired) electrons. The monoisotopic (exact) mass is 333 g/mol. The minimum atomic E-state index is -5.81. The van der Waals surface area contributed by atoms with Gasteiger partial charge in [-0.15, -0.1) is 0 Å². The summed E-state index contributed by atoms with van der Waals surface area (Å²) in [6.07, 6.45) is -5.81. The summed E-state index contributed by atoms with van der Waals surface area (Å²) < 4.78 is 63.1. The molecule has 0 atom stereocenters. The molecular weight excluding hydrogens is 329 g/mol. The Bertz CT molecular complexity index is 475. The Morgan fingerprint density at radius 2 is 1.78 bits per heavy atom. The van der Waals surface area contributed by atoms with E-state index in [0.29, 0.717) is 6.07 Å². The van der Waals surface area contributed by atoms with Crippen molar-refractivity contribution in [2.45, 2.75) is 17.4 Å². The summed E-state index contributed by atoms with van der Waals surface area (Å²) in [7, 11) is 0. The van der Waals surface area contributed by atoms with Crippen molar-refractivity contribution >= 4 is 21.6 Å². The largest absolute Gasteiger partial charge is 0.458 e. The molecule has 1 rings (SSSR count). The van der Waals surface area contributed by atoms with E-state index in [4.69, 9.17) is 0 Å². The summed E-state index contributed by atoms with van der Waals surface area (Å²) in [6.45, 7) is 0. The van der Waals surface area contributed by atoms with Crippen LogP contribution < -0.4 is 0 Å². The molecule has 0 fully saturated rings. The van der Waals surface area contributed by atoms with Gasteiger partial charge in [0.15, 0.2) is 0 Å². The number of nitrogens with zero attached hydrogens (tertiary/aromatic N) is 1. The van der Waals surface area contributed by atoms with Gasteiger partial charge in [-0.25, -0.2) is 0 Å². The number of benzene rings is 1. The highest BCUT2D eigenvalue weighted by Gasteiger charge is 2.60. The van der Waals surface area contributed by atoms with Gasteiger partial charge in [0.2, 0.25) is 0 Å². The van der Waals surface area contributed by atoms with E-state index in [1.54, 1.807) is 0 Å². The molecular formula is C9H5BrF5NO2. The number of nitro benzene ring substituents is 1. The van der Waals surface area contributed by atoms with Crippen LogP contribution in [-0.2, 0) is 11.3 Å². The standard InChI is InChI=1S/C9H5BrF5NO2/c10-4-5-6(8(11,12)9(13,14)15)2-1-3-7(5)16(17)18/h1-3H,4H2. The van der Waals surface area contributed by atoms with Gasteiger partial charge < -0.3 is 0 Å². The fourth-order valence-electron chi connectivity index (χ4n) is 1.33. The van der Waals surface area contributed by atoms with Crippen LogP contribution in [0.25, 0.3) is 0 Å². The number of rotatable bonds is 3. The second-order valence-corrected chi connectivity index (χ2v) is 3.83. The Morgan fingerprint density at radius 1 is 1.22 bits per heavy atom. The van der Waals surface area contributed by atoms with E-state index < -0.39 is 39.2 Å². The Balaban J connectivity index is 3.51. The van der Waals surface area contributed by atoms with E-state index in [0.717, 1.165) is 12.1 Å². The second kappa shape index (κ2) is 4.79. The van der Waals surface area contributed by atoms with Crippen LogP contribution in [0.4, 0.5) is 27.6 Å². The summed E-state index contributed by atoms with van der Waals surface area (Å²) in [5, 5.41) is 10.1. The predicted octanol–water partition coefficient (Wildman–Crippen LogP) is 4.14. The van der Waals surface area contributed by atoms with Crippen molar-refractivity contribution in [3.05, 3.63) is 39.4 Å². The van der Waals surface area contributed by atoms with E-state index in [-0.39, 0.29) is 0 Å². The highest BCUT2D eigenvalue weighted by atomic mass is 79.9. The molecule has 100 valence electrons. The number of hydrogen-bond acceptors (Lipinski definition) is 2. The molecule has 0 aliphatic heterocycles. The van der Waals surface area contributed by atoms with Crippen LogP contribution in [-0.4, -0.2) is 11.1 Å². The number of halogens is 6. The first-order valence-electron chi connectivity index (χ1n) is 4.40. The molecule has 1 aromatic carbocycles. The van der Waals surface area contributed by atoms with Crippen molar-refractivity contribution in [2.75, 3.05) is 0 Å². The van der Waals surface area contributed by atoms with Gasteiger partial charge in [0.25, 0.3) is 5.69 Å². The third-order valence-electron chi connectivity index (χ3n) is 2.18. The van der Waals surface area contributed by atoms with Crippen molar-refractivity contribution in [1.29, 1.82) is 0 Å². The molecule has 18 heavy (non-hydrogen) atoms. The fraction of sp³-hybridized carbons (Fsp3) is 0.333. The van der Waals surface area contributed by atoms with Crippen LogP contribution in [0.15, 0.2) is 18.2 Å². The van der Waals surface area contributed by atoms with Crippen LogP contribution in [0.3, 0.4) is 0 Å². The molecule has 0 saturated heterocycles. The minimum Gasteiger partial charge on any atom is -0.258 e. The Morgan fingerprint density at radius 3 is 2.17 bits per heavy atom. The smallest absolute Gasteiger partial charge is 0.258 e. The Hall–Kier alpha value is -1.25. The summed E-state index contributed by atoms with van der Waals surface area (Å²) in [5.41, 5.74) is -2.89. The van der Waals surface area contributed by atoms with E-state index in [2.05, 4.69) is 15.9 Å². The Kier molecular flexibility index (Phi) is 3.94. The van der Waals surface area contributed by atoms with E-state index >= 15 is 0 Å². The molecule has 0 aromatic heterocycles. The molecule has 0 unspecified atom stereocenters. The van der Waals surface area contributed by atoms with Crippen molar-refractivity contribution in [3.8, 4) is 0 Å². The maximum atomic E-state index is 13.2. The average molecular weight is 334 g/mol. The Labute approximate surface area is 106 Å². The molecule has 0 N–H and O–H groups in total. The average Bonchev–Trinajstić information content (AvgIpc) is 2.26. The lowest BCUT2D eigenvalue weighted by atomic mass is 10.0. The minimum absolute atomic E-state index is 0.481. The molecule has 0 heterocycles. The molecule has 3 nitrogen and oxygen atoms in total. The predicted molar refractivity (Wildman–Crippen MR) is 55.7 cm³/mol. The highest BCUT2D eigenvalue weighted by Crippen LogP contribution is 2.46. The lowest BCUT2D eigenvalue weighted by Gasteiger charge is -2.21. The summed E-state index contributed by atoms with van der Waals surface area (Å²) >= 11 is 2.68. The van der Waals surface area contributed by atoms with Gasteiger partial charge in [0, 0.05) is 22.5 Å². The van der Waals surface area contributed by atoms with Crippen LogP contribution in [0.1, 0.15) is 11.1 Å². The molecule has 0 bridgehead atoms. The third kappa shape index (κ3) is 2.45. The zero-order valence-corrected chi connectivity index (χ0v) is 10.1. The zero-order chi connectivity index (χ0) is 14.1. The first-order chi connectivity index (χ1) is 8.13. The van der Waals surface area contributed by atoms with Crippen molar-refractivity contribution < 1.29 is 26.9 Å². The van der Waals surface area contributed by atoms with Crippen LogP contribution in [0, 0.1) is 10.1 Å². The van der Waals surface area contributed by atoms with E-state index in [1.807, 2.05) is 0 Å². The maximum absolute atomic E-state index is 13.2. The SMILES string of the molecule is O=[N+]([O-])c1cccc(C(F)(F)C(F)(F)F)c1CBr. The van der Waals surface area contributed by atoms with Crippen molar-refractivity contribution in [2.24, 2.45) is 0 Å². The first-order valence-corrected chi connectivity index (χ1v) is 5.52. The van der Waals surface area contributed by atoms with Crippen molar-refractivity contribution in [1.82, 2.24) is 0 Å². The van der Waals surface area contributed by atoms with Gasteiger partial charge in [0.1, 0.15) is 0 Å². The number of alkyl halides is 6. The molecule has 0 aliphatic carbocycles.